The van der Waals surface area contributed by atoms with E-state index < -0.39 is 0 Å². The normalized spacial score (nSPS) is 15.6. The molecule has 0 aromatic carbocycles. The predicted molar refractivity (Wildman–Crippen MR) is 39.3 cm³/mol. The average molecular weight is 505 g/mol. The Bertz CT molecular complexity index is 285. The van der Waals surface area contributed by atoms with Crippen LogP contribution in [0.15, 0.2) is 4.99 Å². The zero-order chi connectivity index (χ0) is 9.14. The Labute approximate surface area is 92.0 Å². The number of nitrogens with one attached hydrogen (secondary N) is 2. The van der Waals surface area contributed by atoms with Gasteiger partial charge in [0.1, 0.15) is 0 Å². The molecule has 0 aromatic heterocycles. The van der Waals surface area contributed by atoms with Gasteiger partial charge >= 0.3 is 92.4 Å². The van der Waals surface area contributed by atoms with E-state index in [0.29, 0.717) is 12.4 Å². The molecule has 1 amide bonds. The molecule has 1 heterocycles. The van der Waals surface area contributed by atoms with Gasteiger partial charge in [-0.25, -0.2) is 0 Å². The summed E-state index contributed by atoms with van der Waals surface area (Å²) in [4.78, 5) is 15.3. The Balaban J connectivity index is 2.67. The van der Waals surface area contributed by atoms with E-state index in [4.69, 9.17) is 0 Å². The molecule has 0 saturated carbocycles. The molecule has 0 saturated heterocycles. The Hall–Kier alpha value is 0.0566. The first-order valence-electron chi connectivity index (χ1n) is 3.37. The molecule has 1 rings (SSSR count). The zero-order valence-corrected chi connectivity index (χ0v) is 12.2. The summed E-state index contributed by atoms with van der Waals surface area (Å²) >= 11 is 2.61. The first-order chi connectivity index (χ1) is 5.65. The fourth-order valence-corrected chi connectivity index (χ4v) is 1.72. The molecule has 1 aliphatic rings. The van der Waals surface area contributed by atoms with E-state index in [1.54, 1.807) is 0 Å². The van der Waals surface area contributed by atoms with Gasteiger partial charge in [0.25, 0.3) is 0 Å². The number of aliphatic imine (C=N–C) groups is 1. The first kappa shape index (κ1) is 10.1. The summed E-state index contributed by atoms with van der Waals surface area (Å²) in [6.45, 7) is 2.52. The van der Waals surface area contributed by atoms with Crippen LogP contribution >= 0.6 is 0 Å². The third kappa shape index (κ3) is 2.27. The minimum absolute atomic E-state index is 0.118. The number of carbonyl (C=O) groups excluding carboxylic acids is 1. The van der Waals surface area contributed by atoms with Gasteiger partial charge in [0, 0.05) is 0 Å². The van der Waals surface area contributed by atoms with Gasteiger partial charge in [-0.05, 0) is 0 Å². The predicted octanol–water partition coefficient (Wildman–Crippen LogP) is -1.52. The van der Waals surface area contributed by atoms with Crippen LogP contribution in [0.3, 0.4) is 0 Å². The number of carbonyl (C=O) groups is 1. The summed E-state index contributed by atoms with van der Waals surface area (Å²) in [5.74, 6) is 0.319. The number of hydrogen-bond donors (Lipinski definition) is 2. The van der Waals surface area contributed by atoms with E-state index in [1.165, 1.54) is 38.7 Å². The number of hydrogen-bond acceptors (Lipinski definition) is 3. The molecule has 2 N–H and O–H groups in total. The van der Waals surface area contributed by atoms with Gasteiger partial charge in [0.15, 0.2) is 0 Å². The maximum absolute atomic E-state index is 11.2. The van der Waals surface area contributed by atoms with Crippen LogP contribution in [0.1, 0.15) is 6.92 Å². The van der Waals surface area contributed by atoms with Crippen molar-refractivity contribution in [2.24, 2.45) is 4.99 Å². The van der Waals surface area contributed by atoms with Crippen molar-refractivity contribution in [3.63, 3.8) is 0 Å². The summed E-state index contributed by atoms with van der Waals surface area (Å²) in [6.07, 6.45) is 0. The fourth-order valence-electron chi connectivity index (χ4n) is 0.693. The molecule has 0 aromatic rings. The van der Waals surface area contributed by atoms with Gasteiger partial charge in [-0.2, -0.15) is 0 Å². The van der Waals surface area contributed by atoms with Crippen molar-refractivity contribution in [3.05, 3.63) is 0 Å². The quantitative estimate of drug-likeness (QED) is 0.480. The Kier molecular flexibility index (Phi) is 3.66. The maximum atomic E-state index is 11.2. The topological polar surface area (TPSA) is 53.5 Å². The molecule has 0 radical (unpaired) electrons. The molecular weight excluding hydrogens is 498 g/mol. The van der Waals surface area contributed by atoms with Crippen LogP contribution in [0, 0.1) is 0 Å². The second kappa shape index (κ2) is 4.34. The molecular formula is C6H7N3OW2. The van der Waals surface area contributed by atoms with Crippen LogP contribution in [-0.2, 0) is 43.5 Å². The molecule has 0 spiro atoms. The van der Waals surface area contributed by atoms with Crippen molar-refractivity contribution in [1.82, 2.24) is 10.6 Å². The van der Waals surface area contributed by atoms with Crippen LogP contribution in [0.25, 0.3) is 0 Å². The third-order valence-corrected chi connectivity index (χ3v) is 5.33. The van der Waals surface area contributed by atoms with Crippen LogP contribution < -0.4 is 10.6 Å². The summed E-state index contributed by atoms with van der Waals surface area (Å²) in [6, 6.07) is 0. The van der Waals surface area contributed by atoms with Crippen molar-refractivity contribution in [2.45, 2.75) is 6.92 Å². The van der Waals surface area contributed by atoms with Gasteiger partial charge in [0.2, 0.25) is 0 Å². The molecule has 0 aliphatic carbocycles. The number of amides is 1. The van der Waals surface area contributed by atoms with Crippen LogP contribution in [0.2, 0.25) is 0 Å². The SMILES string of the molecule is CCNC(=O)C1=N[C](=[W])[C](=[W])N1. The van der Waals surface area contributed by atoms with Crippen molar-refractivity contribution < 1.29 is 43.5 Å². The molecule has 6 heteroatoms. The van der Waals surface area contributed by atoms with Gasteiger partial charge in [0.05, 0.1) is 0 Å². The van der Waals surface area contributed by atoms with Crippen LogP contribution in [0.4, 0.5) is 0 Å². The van der Waals surface area contributed by atoms with Gasteiger partial charge in [-0.15, -0.1) is 0 Å². The second-order valence-electron chi connectivity index (χ2n) is 2.08. The van der Waals surface area contributed by atoms with Crippen LogP contribution in [0.5, 0.6) is 0 Å². The fraction of sp³-hybridized carbons (Fsp3) is 0.333. The molecule has 64 valence electrons. The van der Waals surface area contributed by atoms with E-state index in [2.05, 4.69) is 15.6 Å². The van der Waals surface area contributed by atoms with Crippen molar-refractivity contribution in [2.75, 3.05) is 6.54 Å². The van der Waals surface area contributed by atoms with E-state index in [-0.39, 0.29) is 5.91 Å². The third-order valence-electron chi connectivity index (χ3n) is 1.19. The minimum atomic E-state index is -0.118. The number of rotatable bonds is 2. The van der Waals surface area contributed by atoms with Gasteiger partial charge in [-0.3, -0.25) is 0 Å². The van der Waals surface area contributed by atoms with Crippen molar-refractivity contribution >= 4 is 19.8 Å². The summed E-state index contributed by atoms with van der Waals surface area (Å²) in [5.41, 5.74) is 0. The Morgan fingerprint density at radius 3 is 2.75 bits per heavy atom. The van der Waals surface area contributed by atoms with E-state index in [9.17, 15) is 4.79 Å². The standard InChI is InChI=1S/C6H7N3O.2W/c1-2-7-6(10)5-8-3-4-9-5;;/h8H,2H2,1H3,(H,7,10);;. The zero-order valence-electron chi connectivity index (χ0n) is 6.38. The van der Waals surface area contributed by atoms with Gasteiger partial charge in [-0.1, -0.05) is 0 Å². The second-order valence-corrected chi connectivity index (χ2v) is 4.94. The van der Waals surface area contributed by atoms with E-state index in [1.807, 2.05) is 6.92 Å². The molecule has 4 nitrogen and oxygen atoms in total. The van der Waals surface area contributed by atoms with Gasteiger partial charge < -0.3 is 0 Å². The summed E-state index contributed by atoms with van der Waals surface area (Å²) < 4.78 is 2.05. The van der Waals surface area contributed by atoms with Crippen LogP contribution in [-0.4, -0.2) is 26.3 Å². The van der Waals surface area contributed by atoms with E-state index >= 15 is 0 Å². The summed E-state index contributed by atoms with van der Waals surface area (Å²) in [5, 5.41) is 5.65. The number of likely N-dealkylation sites (N-methyl/N-ethyl adjacent to an activating group) is 1. The molecule has 1 aliphatic heterocycles. The average Bonchev–Trinajstić information content (AvgIpc) is 2.33. The molecule has 0 atom stereocenters. The number of nitrogens with zero attached hydrogens (tertiary/aromatic N) is 1. The summed E-state index contributed by atoms with van der Waals surface area (Å²) in [7, 11) is 0. The molecule has 0 unspecified atom stereocenters. The monoisotopic (exact) mass is 505 g/mol. The molecule has 0 bridgehead atoms. The first-order valence-corrected chi connectivity index (χ1v) is 6.30. The van der Waals surface area contributed by atoms with E-state index in [0.717, 1.165) is 8.04 Å². The molecule has 0 fully saturated rings. The number of amidine groups is 1. The Morgan fingerprint density at radius 2 is 2.33 bits per heavy atom. The van der Waals surface area contributed by atoms with Crippen molar-refractivity contribution in [1.29, 1.82) is 0 Å². The Morgan fingerprint density at radius 1 is 1.67 bits per heavy atom. The molecule has 12 heavy (non-hydrogen) atoms. The van der Waals surface area contributed by atoms with Crippen molar-refractivity contribution in [3.8, 4) is 0 Å².